The number of imidazole rings is 1. The van der Waals surface area contributed by atoms with Crippen LogP contribution in [0.4, 0.5) is 0 Å². The van der Waals surface area contributed by atoms with Crippen LogP contribution in [0.15, 0.2) is 12.5 Å². The number of H-pyrrole nitrogens is 1. The second kappa shape index (κ2) is 3.37. The molecule has 0 fully saturated rings. The number of nitrogens with one attached hydrogen (secondary N) is 1. The van der Waals surface area contributed by atoms with Gasteiger partial charge in [0.25, 0.3) is 0 Å². The maximum Gasteiger partial charge on any atom is 0.0921 e. The van der Waals surface area contributed by atoms with Crippen LogP contribution in [0.3, 0.4) is 0 Å². The zero-order valence-electron chi connectivity index (χ0n) is 6.17. The minimum Gasteiger partial charge on any atom is -0.348 e. The van der Waals surface area contributed by atoms with E-state index in [-0.39, 0.29) is 0 Å². The molecule has 0 saturated heterocycles. The molecule has 0 radical (unpaired) electrons. The summed E-state index contributed by atoms with van der Waals surface area (Å²) in [6, 6.07) is 0. The van der Waals surface area contributed by atoms with Crippen molar-refractivity contribution in [1.29, 1.82) is 0 Å². The zero-order valence-corrected chi connectivity index (χ0v) is 6.17. The van der Waals surface area contributed by atoms with Gasteiger partial charge in [-0.25, -0.2) is 4.98 Å². The summed E-state index contributed by atoms with van der Waals surface area (Å²) in [6.45, 7) is 2.82. The highest BCUT2D eigenvalue weighted by molar-refractivity contribution is 5.03. The Morgan fingerprint density at radius 1 is 1.80 bits per heavy atom. The topological polar surface area (TPSA) is 54.7 Å². The van der Waals surface area contributed by atoms with Crippen molar-refractivity contribution in [3.8, 4) is 0 Å². The Kier molecular flexibility index (Phi) is 2.45. The minimum atomic E-state index is 0.447. The average molecular weight is 139 g/mol. The fraction of sp³-hybridized carbons (Fsp3) is 0.571. The van der Waals surface area contributed by atoms with Crippen molar-refractivity contribution in [3.05, 3.63) is 18.2 Å². The van der Waals surface area contributed by atoms with E-state index >= 15 is 0 Å². The quantitative estimate of drug-likeness (QED) is 0.652. The fourth-order valence-electron chi connectivity index (χ4n) is 1.00. The Hall–Kier alpha value is -0.830. The maximum atomic E-state index is 5.53. The SMILES string of the molecule is CC[C@H](CN)c1cnc[nH]1. The van der Waals surface area contributed by atoms with Crippen molar-refractivity contribution in [2.75, 3.05) is 6.54 Å². The van der Waals surface area contributed by atoms with E-state index in [0.717, 1.165) is 12.1 Å². The summed E-state index contributed by atoms with van der Waals surface area (Å²) in [6.07, 6.45) is 4.59. The Labute approximate surface area is 60.7 Å². The third kappa shape index (κ3) is 1.36. The number of nitrogens with two attached hydrogens (primary N) is 1. The van der Waals surface area contributed by atoms with Crippen molar-refractivity contribution < 1.29 is 0 Å². The van der Waals surface area contributed by atoms with E-state index < -0.39 is 0 Å². The van der Waals surface area contributed by atoms with Gasteiger partial charge in [0.1, 0.15) is 0 Å². The van der Waals surface area contributed by atoms with Crippen molar-refractivity contribution in [2.45, 2.75) is 19.3 Å². The molecule has 0 spiro atoms. The number of hydrogen-bond acceptors (Lipinski definition) is 2. The lowest BCUT2D eigenvalue weighted by atomic mass is 10.0. The third-order valence-corrected chi connectivity index (χ3v) is 1.74. The molecule has 3 N–H and O–H groups in total. The Bertz CT molecular complexity index is 165. The molecule has 10 heavy (non-hydrogen) atoms. The Morgan fingerprint density at radius 3 is 3.00 bits per heavy atom. The van der Waals surface area contributed by atoms with Crippen molar-refractivity contribution in [1.82, 2.24) is 9.97 Å². The van der Waals surface area contributed by atoms with E-state index in [4.69, 9.17) is 5.73 Å². The molecular weight excluding hydrogens is 126 g/mol. The van der Waals surface area contributed by atoms with Crippen LogP contribution in [0.1, 0.15) is 25.0 Å². The van der Waals surface area contributed by atoms with Crippen molar-refractivity contribution in [2.24, 2.45) is 5.73 Å². The normalized spacial score (nSPS) is 13.4. The predicted molar refractivity (Wildman–Crippen MR) is 40.7 cm³/mol. The van der Waals surface area contributed by atoms with Crippen LogP contribution in [0.2, 0.25) is 0 Å². The fourth-order valence-corrected chi connectivity index (χ4v) is 1.00. The summed E-state index contributed by atoms with van der Waals surface area (Å²) in [5.41, 5.74) is 6.67. The van der Waals surface area contributed by atoms with Gasteiger partial charge in [-0.05, 0) is 6.42 Å². The molecule has 0 aliphatic rings. The third-order valence-electron chi connectivity index (χ3n) is 1.74. The Morgan fingerprint density at radius 2 is 2.60 bits per heavy atom. The molecule has 3 heteroatoms. The summed E-state index contributed by atoms with van der Waals surface area (Å²) in [4.78, 5) is 6.98. The lowest BCUT2D eigenvalue weighted by Gasteiger charge is -2.07. The highest BCUT2D eigenvalue weighted by Gasteiger charge is 2.06. The van der Waals surface area contributed by atoms with Crippen LogP contribution in [0.5, 0.6) is 0 Å². The van der Waals surface area contributed by atoms with E-state index in [1.807, 2.05) is 6.20 Å². The number of aromatic amines is 1. The Balaban J connectivity index is 2.64. The first-order valence-corrected chi connectivity index (χ1v) is 3.56. The monoisotopic (exact) mass is 139 g/mol. The number of rotatable bonds is 3. The summed E-state index contributed by atoms with van der Waals surface area (Å²) in [5.74, 6) is 0.447. The molecule has 0 saturated carbocycles. The van der Waals surface area contributed by atoms with Gasteiger partial charge in [-0.2, -0.15) is 0 Å². The van der Waals surface area contributed by atoms with E-state index in [2.05, 4.69) is 16.9 Å². The molecule has 3 nitrogen and oxygen atoms in total. The standard InChI is InChI=1S/C7H13N3/c1-2-6(3-8)7-4-9-5-10-7/h4-6H,2-3,8H2,1H3,(H,9,10)/t6-/m1/s1. The molecule has 56 valence electrons. The molecule has 0 bridgehead atoms. The summed E-state index contributed by atoms with van der Waals surface area (Å²) in [5, 5.41) is 0. The summed E-state index contributed by atoms with van der Waals surface area (Å²) >= 11 is 0. The second-order valence-corrected chi connectivity index (χ2v) is 2.35. The summed E-state index contributed by atoms with van der Waals surface area (Å²) < 4.78 is 0. The van der Waals surface area contributed by atoms with Crippen molar-refractivity contribution >= 4 is 0 Å². The van der Waals surface area contributed by atoms with Gasteiger partial charge in [0.2, 0.25) is 0 Å². The van der Waals surface area contributed by atoms with Crippen molar-refractivity contribution in [3.63, 3.8) is 0 Å². The largest absolute Gasteiger partial charge is 0.348 e. The second-order valence-electron chi connectivity index (χ2n) is 2.35. The van der Waals surface area contributed by atoms with Gasteiger partial charge in [0, 0.05) is 24.4 Å². The molecule has 1 heterocycles. The molecule has 1 rings (SSSR count). The molecule has 0 aliphatic carbocycles. The van der Waals surface area contributed by atoms with E-state index in [9.17, 15) is 0 Å². The number of nitrogens with zero attached hydrogens (tertiary/aromatic N) is 1. The van der Waals surface area contributed by atoms with Crippen LogP contribution in [-0.2, 0) is 0 Å². The van der Waals surface area contributed by atoms with Crippen LogP contribution in [0.25, 0.3) is 0 Å². The summed E-state index contributed by atoms with van der Waals surface area (Å²) in [7, 11) is 0. The van der Waals surface area contributed by atoms with Gasteiger partial charge < -0.3 is 10.7 Å². The molecule has 0 amide bonds. The van der Waals surface area contributed by atoms with Gasteiger partial charge in [-0.3, -0.25) is 0 Å². The van der Waals surface area contributed by atoms with Gasteiger partial charge in [-0.15, -0.1) is 0 Å². The van der Waals surface area contributed by atoms with Gasteiger partial charge in [0.05, 0.1) is 6.33 Å². The highest BCUT2D eigenvalue weighted by Crippen LogP contribution is 2.13. The minimum absolute atomic E-state index is 0.447. The molecule has 1 aromatic rings. The molecule has 0 aromatic carbocycles. The first-order valence-electron chi connectivity index (χ1n) is 3.56. The van der Waals surface area contributed by atoms with Crippen LogP contribution >= 0.6 is 0 Å². The van der Waals surface area contributed by atoms with Gasteiger partial charge >= 0.3 is 0 Å². The van der Waals surface area contributed by atoms with Crippen LogP contribution < -0.4 is 5.73 Å². The van der Waals surface area contributed by atoms with E-state index in [1.165, 1.54) is 0 Å². The van der Waals surface area contributed by atoms with Gasteiger partial charge in [0.15, 0.2) is 0 Å². The van der Waals surface area contributed by atoms with Gasteiger partial charge in [-0.1, -0.05) is 6.92 Å². The first-order chi connectivity index (χ1) is 4.88. The molecule has 0 unspecified atom stereocenters. The molecule has 1 aromatic heterocycles. The number of aromatic nitrogens is 2. The van der Waals surface area contributed by atoms with E-state index in [0.29, 0.717) is 12.5 Å². The first kappa shape index (κ1) is 7.28. The highest BCUT2D eigenvalue weighted by atomic mass is 14.9. The molecule has 0 aliphatic heterocycles. The smallest absolute Gasteiger partial charge is 0.0921 e. The zero-order chi connectivity index (χ0) is 7.40. The lowest BCUT2D eigenvalue weighted by Crippen LogP contribution is -2.11. The van der Waals surface area contributed by atoms with Crippen LogP contribution in [-0.4, -0.2) is 16.5 Å². The molecule has 1 atom stereocenters. The maximum absolute atomic E-state index is 5.53. The average Bonchev–Trinajstić information content (AvgIpc) is 2.43. The predicted octanol–water partition coefficient (Wildman–Crippen LogP) is 0.862. The van der Waals surface area contributed by atoms with Crippen LogP contribution in [0, 0.1) is 0 Å². The lowest BCUT2D eigenvalue weighted by molar-refractivity contribution is 0.658. The number of hydrogen-bond donors (Lipinski definition) is 2. The molecular formula is C7H13N3. The van der Waals surface area contributed by atoms with E-state index in [1.54, 1.807) is 6.33 Å².